The molecule has 0 aromatic heterocycles. The van der Waals surface area contributed by atoms with Gasteiger partial charge in [-0.2, -0.15) is 0 Å². The van der Waals surface area contributed by atoms with Crippen molar-refractivity contribution >= 4 is 5.97 Å². The Balaban J connectivity index is 2.19. The van der Waals surface area contributed by atoms with Crippen LogP contribution in [-0.4, -0.2) is 11.1 Å². The molecular weight excluding hydrogens is 200 g/mol. The van der Waals surface area contributed by atoms with Gasteiger partial charge in [0, 0.05) is 6.42 Å². The molecule has 0 aliphatic rings. The summed E-state index contributed by atoms with van der Waals surface area (Å²) in [6, 6.07) is 8.70. The molecule has 1 aromatic rings. The fourth-order valence-corrected chi connectivity index (χ4v) is 1.72. The number of benzene rings is 1. The quantitative estimate of drug-likeness (QED) is 0.715. The number of carboxylic acids is 1. The monoisotopic (exact) mass is 220 g/mol. The molecular formula is C14H20O2. The normalized spacial score (nSPS) is 10.3. The van der Waals surface area contributed by atoms with E-state index in [9.17, 15) is 4.79 Å². The number of aliphatic carboxylic acids is 1. The van der Waals surface area contributed by atoms with Gasteiger partial charge in [0.2, 0.25) is 0 Å². The molecule has 0 saturated carbocycles. The van der Waals surface area contributed by atoms with E-state index in [0.717, 1.165) is 32.1 Å². The summed E-state index contributed by atoms with van der Waals surface area (Å²) in [7, 11) is 0. The number of rotatable bonds is 7. The number of aryl methyl sites for hydroxylation is 2. The van der Waals surface area contributed by atoms with Crippen molar-refractivity contribution in [3.8, 4) is 0 Å². The van der Waals surface area contributed by atoms with Crippen molar-refractivity contribution in [3.63, 3.8) is 0 Å². The summed E-state index contributed by atoms with van der Waals surface area (Å²) in [5, 5.41) is 8.49. The molecule has 0 unspecified atom stereocenters. The van der Waals surface area contributed by atoms with E-state index in [1.54, 1.807) is 0 Å². The zero-order chi connectivity index (χ0) is 11.8. The lowest BCUT2D eigenvalue weighted by molar-refractivity contribution is -0.137. The standard InChI is InChI=1S/C14H20O2/c1-2-12-8-10-13(11-9-12)6-4-3-5-7-14(15)16/h8-11H,2-7H2,1H3,(H,15,16). The Labute approximate surface area is 97.3 Å². The average Bonchev–Trinajstić information content (AvgIpc) is 2.29. The van der Waals surface area contributed by atoms with Crippen LogP contribution in [-0.2, 0) is 17.6 Å². The highest BCUT2D eigenvalue weighted by molar-refractivity contribution is 5.66. The smallest absolute Gasteiger partial charge is 0.303 e. The second-order valence-corrected chi connectivity index (χ2v) is 4.12. The molecule has 0 spiro atoms. The molecule has 0 aliphatic carbocycles. The van der Waals surface area contributed by atoms with Gasteiger partial charge in [-0.15, -0.1) is 0 Å². The van der Waals surface area contributed by atoms with Gasteiger partial charge in [0.05, 0.1) is 0 Å². The fraction of sp³-hybridized carbons (Fsp3) is 0.500. The lowest BCUT2D eigenvalue weighted by Crippen LogP contribution is -1.94. The second-order valence-electron chi connectivity index (χ2n) is 4.12. The molecule has 2 heteroatoms. The first kappa shape index (κ1) is 12.8. The van der Waals surface area contributed by atoms with Crippen LogP contribution in [0, 0.1) is 0 Å². The molecule has 1 N–H and O–H groups in total. The third-order valence-corrected chi connectivity index (χ3v) is 2.79. The molecule has 0 amide bonds. The van der Waals surface area contributed by atoms with Crippen molar-refractivity contribution in [2.24, 2.45) is 0 Å². The van der Waals surface area contributed by atoms with Gasteiger partial charge in [-0.05, 0) is 36.8 Å². The van der Waals surface area contributed by atoms with Crippen molar-refractivity contribution in [1.29, 1.82) is 0 Å². The molecule has 1 aromatic carbocycles. The molecule has 1 rings (SSSR count). The maximum absolute atomic E-state index is 10.3. The average molecular weight is 220 g/mol. The zero-order valence-electron chi connectivity index (χ0n) is 9.91. The number of carboxylic acid groups (broad SMARTS) is 1. The SMILES string of the molecule is CCc1ccc(CCCCCC(=O)O)cc1. The van der Waals surface area contributed by atoms with Crippen LogP contribution in [0.2, 0.25) is 0 Å². The van der Waals surface area contributed by atoms with E-state index in [2.05, 4.69) is 31.2 Å². The van der Waals surface area contributed by atoms with E-state index in [1.807, 2.05) is 0 Å². The minimum atomic E-state index is -0.688. The topological polar surface area (TPSA) is 37.3 Å². The van der Waals surface area contributed by atoms with Crippen LogP contribution in [0.5, 0.6) is 0 Å². The molecule has 0 radical (unpaired) electrons. The predicted molar refractivity (Wildman–Crippen MR) is 65.6 cm³/mol. The third kappa shape index (κ3) is 4.96. The number of hydrogen-bond acceptors (Lipinski definition) is 1. The molecule has 0 aliphatic heterocycles. The summed E-state index contributed by atoms with van der Waals surface area (Å²) in [4.78, 5) is 10.3. The van der Waals surface area contributed by atoms with Crippen LogP contribution < -0.4 is 0 Å². The summed E-state index contributed by atoms with van der Waals surface area (Å²) in [5.41, 5.74) is 2.72. The Morgan fingerprint density at radius 3 is 2.25 bits per heavy atom. The summed E-state index contributed by atoms with van der Waals surface area (Å²) in [5.74, 6) is -0.688. The van der Waals surface area contributed by atoms with Crippen molar-refractivity contribution in [2.75, 3.05) is 0 Å². The molecule has 0 fully saturated rings. The Kier molecular flexibility index (Phi) is 5.62. The predicted octanol–water partition coefficient (Wildman–Crippen LogP) is 3.44. The molecule has 0 bridgehead atoms. The summed E-state index contributed by atoms with van der Waals surface area (Å²) in [6.07, 6.45) is 5.32. The van der Waals surface area contributed by atoms with Gasteiger partial charge >= 0.3 is 5.97 Å². The molecule has 0 atom stereocenters. The fourth-order valence-electron chi connectivity index (χ4n) is 1.72. The van der Waals surface area contributed by atoms with Gasteiger partial charge in [-0.25, -0.2) is 0 Å². The van der Waals surface area contributed by atoms with Gasteiger partial charge < -0.3 is 5.11 Å². The lowest BCUT2D eigenvalue weighted by atomic mass is 10.0. The first-order chi connectivity index (χ1) is 7.72. The van der Waals surface area contributed by atoms with Crippen LogP contribution in [0.3, 0.4) is 0 Å². The Morgan fingerprint density at radius 1 is 1.06 bits per heavy atom. The van der Waals surface area contributed by atoms with Crippen LogP contribution in [0.25, 0.3) is 0 Å². The van der Waals surface area contributed by atoms with Gasteiger partial charge in [0.15, 0.2) is 0 Å². The minimum Gasteiger partial charge on any atom is -0.481 e. The van der Waals surface area contributed by atoms with Crippen molar-refractivity contribution < 1.29 is 9.90 Å². The Bertz CT molecular complexity index is 314. The third-order valence-electron chi connectivity index (χ3n) is 2.79. The molecule has 2 nitrogen and oxygen atoms in total. The summed E-state index contributed by atoms with van der Waals surface area (Å²) in [6.45, 7) is 2.15. The van der Waals surface area contributed by atoms with E-state index in [1.165, 1.54) is 11.1 Å². The highest BCUT2D eigenvalue weighted by Crippen LogP contribution is 2.10. The largest absolute Gasteiger partial charge is 0.481 e. The first-order valence-corrected chi connectivity index (χ1v) is 6.02. The van der Waals surface area contributed by atoms with Crippen LogP contribution >= 0.6 is 0 Å². The van der Waals surface area contributed by atoms with Crippen molar-refractivity contribution in [3.05, 3.63) is 35.4 Å². The van der Waals surface area contributed by atoms with Crippen LogP contribution in [0.1, 0.15) is 43.7 Å². The Morgan fingerprint density at radius 2 is 1.69 bits per heavy atom. The van der Waals surface area contributed by atoms with E-state index < -0.39 is 5.97 Å². The second kappa shape index (κ2) is 7.04. The van der Waals surface area contributed by atoms with E-state index in [0.29, 0.717) is 6.42 Å². The highest BCUT2D eigenvalue weighted by atomic mass is 16.4. The minimum absolute atomic E-state index is 0.300. The lowest BCUT2D eigenvalue weighted by Gasteiger charge is -2.02. The maximum Gasteiger partial charge on any atom is 0.303 e. The molecule has 0 saturated heterocycles. The maximum atomic E-state index is 10.3. The summed E-state index contributed by atoms with van der Waals surface area (Å²) >= 11 is 0. The summed E-state index contributed by atoms with van der Waals surface area (Å²) < 4.78 is 0. The highest BCUT2D eigenvalue weighted by Gasteiger charge is 1.97. The Hall–Kier alpha value is -1.31. The van der Waals surface area contributed by atoms with Crippen molar-refractivity contribution in [2.45, 2.75) is 45.4 Å². The van der Waals surface area contributed by atoms with Gasteiger partial charge in [-0.3, -0.25) is 4.79 Å². The van der Waals surface area contributed by atoms with Crippen LogP contribution in [0.15, 0.2) is 24.3 Å². The number of unbranched alkanes of at least 4 members (excludes halogenated alkanes) is 2. The van der Waals surface area contributed by atoms with E-state index in [4.69, 9.17) is 5.11 Å². The molecule has 0 heterocycles. The van der Waals surface area contributed by atoms with Crippen LogP contribution in [0.4, 0.5) is 0 Å². The number of carbonyl (C=O) groups is 1. The van der Waals surface area contributed by atoms with Gasteiger partial charge in [-0.1, -0.05) is 37.6 Å². The first-order valence-electron chi connectivity index (χ1n) is 6.02. The number of hydrogen-bond donors (Lipinski definition) is 1. The molecule has 88 valence electrons. The van der Waals surface area contributed by atoms with E-state index >= 15 is 0 Å². The zero-order valence-corrected chi connectivity index (χ0v) is 9.91. The van der Waals surface area contributed by atoms with E-state index in [-0.39, 0.29) is 0 Å². The van der Waals surface area contributed by atoms with Gasteiger partial charge in [0.1, 0.15) is 0 Å². The van der Waals surface area contributed by atoms with Gasteiger partial charge in [0.25, 0.3) is 0 Å². The molecule has 16 heavy (non-hydrogen) atoms. The van der Waals surface area contributed by atoms with Crippen molar-refractivity contribution in [1.82, 2.24) is 0 Å².